The van der Waals surface area contributed by atoms with Crippen molar-refractivity contribution in [2.75, 3.05) is 10.6 Å². The van der Waals surface area contributed by atoms with Crippen LogP contribution in [0.4, 0.5) is 20.2 Å². The zero-order chi connectivity index (χ0) is 27.8. The fourth-order valence-electron chi connectivity index (χ4n) is 3.57. The Morgan fingerprint density at radius 2 is 1.42 bits per heavy atom. The molecule has 0 radical (unpaired) electrons. The van der Waals surface area contributed by atoms with Crippen molar-refractivity contribution < 1.29 is 26.8 Å². The van der Waals surface area contributed by atoms with Gasteiger partial charge in [0.2, 0.25) is 11.6 Å². The molecule has 4 N–H and O–H groups in total. The zero-order valence-electron chi connectivity index (χ0n) is 20.6. The molecule has 0 fully saturated rings. The third kappa shape index (κ3) is 5.32. The number of anilines is 2. The summed E-state index contributed by atoms with van der Waals surface area (Å²) in [6.45, 7) is 4.80. The van der Waals surface area contributed by atoms with Gasteiger partial charge in [-0.25, -0.2) is 17.2 Å². The topological polar surface area (TPSA) is 128 Å². The molecule has 0 saturated heterocycles. The highest BCUT2D eigenvalue weighted by atomic mass is 32.2. The maximum atomic E-state index is 14.7. The van der Waals surface area contributed by atoms with Crippen LogP contribution >= 0.6 is 0 Å². The van der Waals surface area contributed by atoms with Crippen molar-refractivity contribution in [2.45, 2.75) is 25.7 Å². The smallest absolute Gasteiger partial charge is 0.265 e. The first-order valence-corrected chi connectivity index (χ1v) is 12.9. The third-order valence-electron chi connectivity index (χ3n) is 5.71. The predicted molar refractivity (Wildman–Crippen MR) is 140 cm³/mol. The number of allylic oxidation sites excluding steroid dienone is 1. The Kier molecular flexibility index (Phi) is 6.90. The molecule has 3 aromatic carbocycles. The first-order valence-electron chi connectivity index (χ1n) is 11.4. The Labute approximate surface area is 218 Å². The standard InChI is InChI=1S/C27H24F2N4O4S/c1-27(2,3)26(30)33-38(36,37)21-14-16(11-12-18(21)29)24(35)22(23(34)15-7-6-8-17(28)13-15)25-31-19-9-4-5-10-20(19)32-25/h4-14,31-32H,1-3H3,(H2,30,33). The number of ketones is 2. The molecular weight excluding hydrogens is 514 g/mol. The number of rotatable bonds is 6. The molecule has 0 aromatic heterocycles. The number of hydrogen-bond donors (Lipinski definition) is 4. The first-order chi connectivity index (χ1) is 17.8. The molecule has 196 valence electrons. The number of fused-ring (bicyclic) bond motifs is 1. The summed E-state index contributed by atoms with van der Waals surface area (Å²) in [7, 11) is -4.58. The number of halogens is 2. The number of Topliss-reactive ketones (excluding diaryl/α,β-unsaturated/α-hetero) is 2. The van der Waals surface area contributed by atoms with Gasteiger partial charge < -0.3 is 10.6 Å². The number of para-hydroxylation sites is 2. The Morgan fingerprint density at radius 3 is 1.97 bits per heavy atom. The van der Waals surface area contributed by atoms with Gasteiger partial charge in [-0.15, -0.1) is 0 Å². The average molecular weight is 539 g/mol. The van der Waals surface area contributed by atoms with E-state index in [-0.39, 0.29) is 22.8 Å². The van der Waals surface area contributed by atoms with Gasteiger partial charge in [0.05, 0.1) is 11.4 Å². The number of nitrogens with one attached hydrogen (secondary N) is 4. The van der Waals surface area contributed by atoms with E-state index >= 15 is 0 Å². The van der Waals surface area contributed by atoms with Crippen molar-refractivity contribution in [3.63, 3.8) is 0 Å². The van der Waals surface area contributed by atoms with Crippen LogP contribution in [-0.2, 0) is 10.0 Å². The number of carbonyl (C=O) groups is 2. The van der Waals surface area contributed by atoms with Crippen molar-refractivity contribution in [3.05, 3.63) is 101 Å². The molecule has 0 amide bonds. The second-order valence-corrected chi connectivity index (χ2v) is 11.2. The summed E-state index contributed by atoms with van der Waals surface area (Å²) < 4.78 is 56.4. The Hall–Kier alpha value is -4.38. The van der Waals surface area contributed by atoms with Crippen LogP contribution in [0.25, 0.3) is 0 Å². The van der Waals surface area contributed by atoms with Crippen molar-refractivity contribution >= 4 is 38.8 Å². The lowest BCUT2D eigenvalue weighted by Gasteiger charge is -2.21. The second-order valence-electron chi connectivity index (χ2n) is 9.59. The van der Waals surface area contributed by atoms with Crippen molar-refractivity contribution in [3.8, 4) is 0 Å². The van der Waals surface area contributed by atoms with Crippen molar-refractivity contribution in [1.29, 1.82) is 5.41 Å². The van der Waals surface area contributed by atoms with Crippen molar-refractivity contribution in [1.82, 2.24) is 4.72 Å². The van der Waals surface area contributed by atoms with Crippen LogP contribution in [-0.4, -0.2) is 25.8 Å². The quantitative estimate of drug-likeness (QED) is 0.0865. The van der Waals surface area contributed by atoms with Crippen LogP contribution in [0, 0.1) is 22.5 Å². The van der Waals surface area contributed by atoms with E-state index in [0.29, 0.717) is 11.4 Å². The fraction of sp³-hybridized carbons (Fsp3) is 0.148. The number of hydrogen-bond acceptors (Lipinski definition) is 7. The van der Waals surface area contributed by atoms with Crippen LogP contribution in [0.2, 0.25) is 0 Å². The average Bonchev–Trinajstić information content (AvgIpc) is 3.27. The summed E-state index contributed by atoms with van der Waals surface area (Å²) in [5.41, 5.74) is -0.575. The second kappa shape index (κ2) is 9.82. The van der Waals surface area contributed by atoms with Gasteiger partial charge in [-0.2, -0.15) is 0 Å². The third-order valence-corrected chi connectivity index (χ3v) is 7.07. The molecule has 0 spiro atoms. The van der Waals surface area contributed by atoms with Gasteiger partial charge in [0.15, 0.2) is 0 Å². The van der Waals surface area contributed by atoms with Crippen LogP contribution in [0.15, 0.2) is 83.0 Å². The molecule has 1 aliphatic heterocycles. The maximum Gasteiger partial charge on any atom is 0.265 e. The lowest BCUT2D eigenvalue weighted by molar-refractivity contribution is 0.0960. The summed E-state index contributed by atoms with van der Waals surface area (Å²) in [5, 5.41) is 13.9. The molecular formula is C27H24F2N4O4S. The molecule has 0 bridgehead atoms. The maximum absolute atomic E-state index is 14.7. The molecule has 0 atom stereocenters. The largest absolute Gasteiger partial charge is 0.339 e. The van der Waals surface area contributed by atoms with Gasteiger partial charge in [-0.05, 0) is 42.5 Å². The fourth-order valence-corrected chi connectivity index (χ4v) is 4.86. The Balaban J connectivity index is 1.81. The Morgan fingerprint density at radius 1 is 0.842 bits per heavy atom. The minimum Gasteiger partial charge on any atom is -0.339 e. The van der Waals surface area contributed by atoms with Gasteiger partial charge in [-0.1, -0.05) is 45.0 Å². The summed E-state index contributed by atoms with van der Waals surface area (Å²) >= 11 is 0. The van der Waals surface area contributed by atoms with E-state index in [4.69, 9.17) is 5.41 Å². The molecule has 0 aliphatic carbocycles. The first kappa shape index (κ1) is 26.7. The number of benzene rings is 3. The monoisotopic (exact) mass is 538 g/mol. The minimum atomic E-state index is -4.58. The van der Waals surface area contributed by atoms with Crippen LogP contribution in [0.5, 0.6) is 0 Å². The van der Waals surface area contributed by atoms with E-state index in [0.717, 1.165) is 30.3 Å². The zero-order valence-corrected chi connectivity index (χ0v) is 21.5. The van der Waals surface area contributed by atoms with Crippen LogP contribution < -0.4 is 15.4 Å². The van der Waals surface area contributed by atoms with Crippen LogP contribution in [0.3, 0.4) is 0 Å². The molecule has 3 aromatic rings. The molecule has 8 nitrogen and oxygen atoms in total. The van der Waals surface area contributed by atoms with E-state index in [2.05, 4.69) is 10.6 Å². The highest BCUT2D eigenvalue weighted by Crippen LogP contribution is 2.33. The molecule has 0 unspecified atom stereocenters. The normalized spacial score (nSPS) is 12.7. The van der Waals surface area contributed by atoms with E-state index in [9.17, 15) is 26.8 Å². The number of amidine groups is 1. The highest BCUT2D eigenvalue weighted by Gasteiger charge is 2.32. The summed E-state index contributed by atoms with van der Waals surface area (Å²) in [4.78, 5) is 26.4. The van der Waals surface area contributed by atoms with E-state index in [1.165, 1.54) is 12.1 Å². The predicted octanol–water partition coefficient (Wildman–Crippen LogP) is 5.08. The van der Waals surface area contributed by atoms with Gasteiger partial charge in [0.25, 0.3) is 10.0 Å². The Bertz CT molecular complexity index is 1600. The molecule has 0 saturated carbocycles. The lowest BCUT2D eigenvalue weighted by Crippen LogP contribution is -2.38. The van der Waals surface area contributed by atoms with Gasteiger partial charge in [0.1, 0.15) is 33.8 Å². The van der Waals surface area contributed by atoms with Crippen LogP contribution in [0.1, 0.15) is 41.5 Å². The summed E-state index contributed by atoms with van der Waals surface area (Å²) in [6, 6.07) is 14.3. The minimum absolute atomic E-state index is 0.00632. The summed E-state index contributed by atoms with van der Waals surface area (Å²) in [6.07, 6.45) is 0. The highest BCUT2D eigenvalue weighted by molar-refractivity contribution is 7.90. The van der Waals surface area contributed by atoms with Gasteiger partial charge in [0, 0.05) is 16.5 Å². The molecule has 1 heterocycles. The molecule has 1 aliphatic rings. The van der Waals surface area contributed by atoms with Gasteiger partial charge in [-0.3, -0.25) is 19.7 Å². The van der Waals surface area contributed by atoms with Crippen molar-refractivity contribution in [2.24, 2.45) is 5.41 Å². The molecule has 38 heavy (non-hydrogen) atoms. The molecule has 11 heteroatoms. The van der Waals surface area contributed by atoms with Gasteiger partial charge >= 0.3 is 0 Å². The van der Waals surface area contributed by atoms with E-state index in [1.54, 1.807) is 45.0 Å². The van der Waals surface area contributed by atoms with E-state index < -0.39 is 49.1 Å². The summed E-state index contributed by atoms with van der Waals surface area (Å²) in [5.74, 6) is -3.97. The SMILES string of the molecule is CC(C)(C)C(=N)NS(=O)(=O)c1cc(C(=O)C(C(=O)c2cccc(F)c2)=C2Nc3ccccc3N2)ccc1F. The lowest BCUT2D eigenvalue weighted by atomic mass is 9.95. The van der Waals surface area contributed by atoms with E-state index in [1.807, 2.05) is 4.72 Å². The molecule has 4 rings (SSSR count). The number of sulfonamides is 1. The number of carbonyl (C=O) groups excluding carboxylic acids is 2.